The molecule has 0 aliphatic carbocycles. The molecule has 0 unspecified atom stereocenters. The van der Waals surface area contributed by atoms with E-state index in [-0.39, 0.29) is 11.7 Å². The van der Waals surface area contributed by atoms with E-state index in [1.165, 1.54) is 12.1 Å². The molecular formula is C23H22FNO2. The summed E-state index contributed by atoms with van der Waals surface area (Å²) >= 11 is 0. The van der Waals surface area contributed by atoms with Gasteiger partial charge in [0.25, 0.3) is 5.91 Å². The van der Waals surface area contributed by atoms with Gasteiger partial charge in [-0.05, 0) is 47.9 Å². The topological polar surface area (TPSA) is 29.5 Å². The van der Waals surface area contributed by atoms with E-state index in [2.05, 4.69) is 0 Å². The Bertz CT molecular complexity index is 878. The fourth-order valence-corrected chi connectivity index (χ4v) is 2.87. The van der Waals surface area contributed by atoms with Gasteiger partial charge in [0.1, 0.15) is 11.6 Å². The SMILES string of the molecule is CN(CCCOc1ccc(F)cc1)C(=O)c1ccccc1-c1ccccc1. The molecule has 0 spiro atoms. The number of benzene rings is 3. The van der Waals surface area contributed by atoms with Gasteiger partial charge in [0, 0.05) is 19.2 Å². The van der Waals surface area contributed by atoms with Crippen molar-refractivity contribution < 1.29 is 13.9 Å². The summed E-state index contributed by atoms with van der Waals surface area (Å²) in [5.41, 5.74) is 2.64. The Morgan fingerprint density at radius 3 is 2.33 bits per heavy atom. The van der Waals surface area contributed by atoms with Crippen molar-refractivity contribution in [2.45, 2.75) is 6.42 Å². The second-order valence-electron chi connectivity index (χ2n) is 6.29. The summed E-state index contributed by atoms with van der Waals surface area (Å²) in [6.07, 6.45) is 0.688. The van der Waals surface area contributed by atoms with Gasteiger partial charge in [-0.15, -0.1) is 0 Å². The van der Waals surface area contributed by atoms with Gasteiger partial charge in [0.2, 0.25) is 0 Å². The molecule has 0 aliphatic rings. The van der Waals surface area contributed by atoms with Crippen LogP contribution in [0.3, 0.4) is 0 Å². The molecule has 0 radical (unpaired) electrons. The molecule has 3 nitrogen and oxygen atoms in total. The molecule has 27 heavy (non-hydrogen) atoms. The van der Waals surface area contributed by atoms with E-state index in [4.69, 9.17) is 4.74 Å². The number of hydrogen-bond acceptors (Lipinski definition) is 2. The first-order valence-electron chi connectivity index (χ1n) is 8.93. The fraction of sp³-hybridized carbons (Fsp3) is 0.174. The van der Waals surface area contributed by atoms with E-state index in [1.54, 1.807) is 24.1 Å². The average molecular weight is 363 g/mol. The lowest BCUT2D eigenvalue weighted by Crippen LogP contribution is -2.29. The Kier molecular flexibility index (Phi) is 6.21. The minimum Gasteiger partial charge on any atom is -0.494 e. The lowest BCUT2D eigenvalue weighted by atomic mass is 9.99. The van der Waals surface area contributed by atoms with E-state index in [0.29, 0.717) is 30.9 Å². The van der Waals surface area contributed by atoms with E-state index >= 15 is 0 Å². The van der Waals surface area contributed by atoms with Gasteiger partial charge in [-0.3, -0.25) is 4.79 Å². The number of halogens is 1. The number of hydrogen-bond donors (Lipinski definition) is 0. The molecule has 0 N–H and O–H groups in total. The second kappa shape index (κ2) is 8.99. The van der Waals surface area contributed by atoms with Gasteiger partial charge >= 0.3 is 0 Å². The van der Waals surface area contributed by atoms with Crippen molar-refractivity contribution in [3.63, 3.8) is 0 Å². The Balaban J connectivity index is 1.58. The third-order valence-corrected chi connectivity index (χ3v) is 4.31. The number of nitrogens with zero attached hydrogens (tertiary/aromatic N) is 1. The van der Waals surface area contributed by atoms with Crippen molar-refractivity contribution in [2.75, 3.05) is 20.2 Å². The highest BCUT2D eigenvalue weighted by Crippen LogP contribution is 2.24. The maximum Gasteiger partial charge on any atom is 0.254 e. The fourth-order valence-electron chi connectivity index (χ4n) is 2.87. The highest BCUT2D eigenvalue weighted by molar-refractivity contribution is 6.00. The van der Waals surface area contributed by atoms with E-state index in [1.807, 2.05) is 54.6 Å². The van der Waals surface area contributed by atoms with Crippen LogP contribution in [0.5, 0.6) is 5.75 Å². The number of carbonyl (C=O) groups excluding carboxylic acids is 1. The van der Waals surface area contributed by atoms with Crippen molar-refractivity contribution >= 4 is 5.91 Å². The first-order chi connectivity index (χ1) is 13.1. The number of ether oxygens (including phenoxy) is 1. The third kappa shape index (κ3) is 4.94. The molecular weight excluding hydrogens is 341 g/mol. The quantitative estimate of drug-likeness (QED) is 0.551. The predicted molar refractivity (Wildman–Crippen MR) is 105 cm³/mol. The van der Waals surface area contributed by atoms with Gasteiger partial charge in [-0.25, -0.2) is 4.39 Å². The Labute approximate surface area is 159 Å². The normalized spacial score (nSPS) is 10.4. The Morgan fingerprint density at radius 2 is 1.59 bits per heavy atom. The van der Waals surface area contributed by atoms with Gasteiger partial charge in [0.15, 0.2) is 0 Å². The van der Waals surface area contributed by atoms with Crippen LogP contribution in [-0.2, 0) is 0 Å². The molecule has 4 heteroatoms. The Hall–Kier alpha value is -3.14. The lowest BCUT2D eigenvalue weighted by molar-refractivity contribution is 0.0788. The van der Waals surface area contributed by atoms with E-state index < -0.39 is 0 Å². The van der Waals surface area contributed by atoms with Crippen LogP contribution in [0, 0.1) is 5.82 Å². The molecule has 0 atom stereocenters. The maximum absolute atomic E-state index is 12.9. The maximum atomic E-state index is 12.9. The third-order valence-electron chi connectivity index (χ3n) is 4.31. The predicted octanol–water partition coefficient (Wildman–Crippen LogP) is 5.03. The van der Waals surface area contributed by atoms with Crippen LogP contribution in [0.1, 0.15) is 16.8 Å². The highest BCUT2D eigenvalue weighted by Gasteiger charge is 2.16. The van der Waals surface area contributed by atoms with E-state index in [0.717, 1.165) is 11.1 Å². The van der Waals surface area contributed by atoms with Crippen molar-refractivity contribution in [1.29, 1.82) is 0 Å². The van der Waals surface area contributed by atoms with Crippen LogP contribution in [0.4, 0.5) is 4.39 Å². The summed E-state index contributed by atoms with van der Waals surface area (Å²) in [5, 5.41) is 0. The number of amides is 1. The molecule has 3 aromatic rings. The minimum absolute atomic E-state index is 0.0174. The second-order valence-corrected chi connectivity index (χ2v) is 6.29. The molecule has 138 valence electrons. The smallest absolute Gasteiger partial charge is 0.254 e. The van der Waals surface area contributed by atoms with Crippen LogP contribution in [0.25, 0.3) is 11.1 Å². The molecule has 1 amide bonds. The summed E-state index contributed by atoms with van der Waals surface area (Å²) < 4.78 is 18.5. The summed E-state index contributed by atoms with van der Waals surface area (Å²) in [4.78, 5) is 14.6. The Morgan fingerprint density at radius 1 is 0.926 bits per heavy atom. The molecule has 0 saturated carbocycles. The molecule has 0 fully saturated rings. The van der Waals surface area contributed by atoms with Crippen LogP contribution in [-0.4, -0.2) is 31.0 Å². The summed E-state index contributed by atoms with van der Waals surface area (Å²) in [6.45, 7) is 1.03. The standard InChI is InChI=1S/C23H22FNO2/c1-25(16-7-17-27-20-14-12-19(24)13-15-20)23(26)22-11-6-5-10-21(22)18-8-3-2-4-9-18/h2-6,8-15H,7,16-17H2,1H3. The largest absolute Gasteiger partial charge is 0.494 e. The highest BCUT2D eigenvalue weighted by atomic mass is 19.1. The molecule has 0 bridgehead atoms. The van der Waals surface area contributed by atoms with Crippen LogP contribution in [0.2, 0.25) is 0 Å². The van der Waals surface area contributed by atoms with Crippen LogP contribution < -0.4 is 4.74 Å². The zero-order valence-electron chi connectivity index (χ0n) is 15.3. The zero-order chi connectivity index (χ0) is 19.1. The van der Waals surface area contributed by atoms with E-state index in [9.17, 15) is 9.18 Å². The molecule has 0 saturated heterocycles. The molecule has 3 rings (SSSR count). The molecule has 3 aromatic carbocycles. The molecule has 0 aromatic heterocycles. The summed E-state index contributed by atoms with van der Waals surface area (Å²) in [6, 6.07) is 23.5. The number of rotatable bonds is 7. The van der Waals surface area contributed by atoms with Crippen molar-refractivity contribution in [3.8, 4) is 16.9 Å². The average Bonchev–Trinajstić information content (AvgIpc) is 2.72. The van der Waals surface area contributed by atoms with Crippen molar-refractivity contribution in [3.05, 3.63) is 90.2 Å². The van der Waals surface area contributed by atoms with Crippen LogP contribution in [0.15, 0.2) is 78.9 Å². The minimum atomic E-state index is -0.287. The summed E-state index contributed by atoms with van der Waals surface area (Å²) in [5.74, 6) is 0.320. The first kappa shape index (κ1) is 18.6. The zero-order valence-corrected chi connectivity index (χ0v) is 15.3. The lowest BCUT2D eigenvalue weighted by Gasteiger charge is -2.19. The number of carbonyl (C=O) groups is 1. The summed E-state index contributed by atoms with van der Waals surface area (Å²) in [7, 11) is 1.79. The van der Waals surface area contributed by atoms with Gasteiger partial charge < -0.3 is 9.64 Å². The first-order valence-corrected chi connectivity index (χ1v) is 8.93. The van der Waals surface area contributed by atoms with Crippen LogP contribution >= 0.6 is 0 Å². The van der Waals surface area contributed by atoms with Gasteiger partial charge in [-0.1, -0.05) is 48.5 Å². The monoisotopic (exact) mass is 363 g/mol. The van der Waals surface area contributed by atoms with Gasteiger partial charge in [-0.2, -0.15) is 0 Å². The van der Waals surface area contributed by atoms with Crippen molar-refractivity contribution in [1.82, 2.24) is 4.90 Å². The van der Waals surface area contributed by atoms with Gasteiger partial charge in [0.05, 0.1) is 6.61 Å². The van der Waals surface area contributed by atoms with Crippen molar-refractivity contribution in [2.24, 2.45) is 0 Å². The molecule has 0 aliphatic heterocycles. The molecule has 0 heterocycles.